The van der Waals surface area contributed by atoms with E-state index in [2.05, 4.69) is 54.4 Å². The van der Waals surface area contributed by atoms with Gasteiger partial charge >= 0.3 is 5.97 Å². The lowest BCUT2D eigenvalue weighted by Gasteiger charge is -2.31. The second-order valence-electron chi connectivity index (χ2n) is 3.94. The van der Waals surface area contributed by atoms with E-state index >= 15 is 0 Å². The van der Waals surface area contributed by atoms with Crippen molar-refractivity contribution in [3.63, 3.8) is 0 Å². The number of carbonyl (C=O) groups excluding carboxylic acids is 1. The zero-order valence-corrected chi connectivity index (χ0v) is 14.2. The number of hydrogen-bond donors (Lipinski definition) is 0. The SMILES string of the molecule is C=C(C)C(=O)OCC1(Br)CC(Br)=CC=C1CBr. The summed E-state index contributed by atoms with van der Waals surface area (Å²) < 4.78 is 5.97. The topological polar surface area (TPSA) is 26.3 Å². The second-order valence-corrected chi connectivity index (χ2v) is 7.03. The number of hydrogen-bond acceptors (Lipinski definition) is 2. The molecule has 0 amide bonds. The molecule has 94 valence electrons. The van der Waals surface area contributed by atoms with Crippen molar-refractivity contribution < 1.29 is 9.53 Å². The lowest BCUT2D eigenvalue weighted by atomic mass is 9.93. The summed E-state index contributed by atoms with van der Waals surface area (Å²) >= 11 is 10.6. The maximum Gasteiger partial charge on any atom is 0.333 e. The van der Waals surface area contributed by atoms with Gasteiger partial charge in [-0.3, -0.25) is 0 Å². The van der Waals surface area contributed by atoms with Crippen LogP contribution in [0.5, 0.6) is 0 Å². The Hall–Kier alpha value is 0.130. The summed E-state index contributed by atoms with van der Waals surface area (Å²) in [6, 6.07) is 0. The van der Waals surface area contributed by atoms with Crippen LogP contribution in [0.3, 0.4) is 0 Å². The first-order valence-corrected chi connectivity index (χ1v) is 7.73. The van der Waals surface area contributed by atoms with Crippen molar-refractivity contribution >= 4 is 53.8 Å². The molecule has 0 bridgehead atoms. The molecule has 0 aliphatic heterocycles. The van der Waals surface area contributed by atoms with E-state index in [0.29, 0.717) is 12.2 Å². The molecule has 1 aliphatic carbocycles. The highest BCUT2D eigenvalue weighted by molar-refractivity contribution is 9.12. The summed E-state index contributed by atoms with van der Waals surface area (Å²) in [6.45, 7) is 5.49. The lowest BCUT2D eigenvalue weighted by molar-refractivity contribution is -0.139. The Kier molecular flexibility index (Phi) is 5.67. The third-order valence-corrected chi connectivity index (χ3v) is 4.58. The van der Waals surface area contributed by atoms with Crippen molar-refractivity contribution in [2.45, 2.75) is 17.7 Å². The van der Waals surface area contributed by atoms with Crippen molar-refractivity contribution in [3.05, 3.63) is 34.4 Å². The van der Waals surface area contributed by atoms with E-state index < -0.39 is 0 Å². The van der Waals surface area contributed by atoms with Crippen LogP contribution in [-0.2, 0) is 9.53 Å². The molecule has 2 nitrogen and oxygen atoms in total. The third kappa shape index (κ3) is 4.07. The molecular formula is C12H13Br3O2. The first-order valence-electron chi connectivity index (χ1n) is 5.02. The molecule has 0 fully saturated rings. The van der Waals surface area contributed by atoms with Crippen LogP contribution in [0, 0.1) is 0 Å². The van der Waals surface area contributed by atoms with Crippen LogP contribution >= 0.6 is 47.8 Å². The Balaban J connectivity index is 2.74. The van der Waals surface area contributed by atoms with E-state index in [1.807, 2.05) is 12.2 Å². The number of esters is 1. The Morgan fingerprint density at radius 1 is 1.59 bits per heavy atom. The number of allylic oxidation sites excluding steroid dienone is 3. The summed E-state index contributed by atoms with van der Waals surface area (Å²) in [5.41, 5.74) is 1.56. The van der Waals surface area contributed by atoms with Crippen molar-refractivity contribution in [1.82, 2.24) is 0 Å². The Morgan fingerprint density at radius 2 is 2.24 bits per heavy atom. The normalized spacial score (nSPS) is 23.8. The zero-order chi connectivity index (χ0) is 13.1. The fourth-order valence-electron chi connectivity index (χ4n) is 1.39. The second kappa shape index (κ2) is 6.34. The Labute approximate surface area is 127 Å². The van der Waals surface area contributed by atoms with Crippen molar-refractivity contribution in [2.24, 2.45) is 0 Å². The van der Waals surface area contributed by atoms with Crippen molar-refractivity contribution in [2.75, 3.05) is 11.9 Å². The van der Waals surface area contributed by atoms with Gasteiger partial charge in [0.05, 0.1) is 4.32 Å². The number of carbonyl (C=O) groups is 1. The molecule has 1 rings (SSSR count). The minimum atomic E-state index is -0.358. The fourth-order valence-corrected chi connectivity index (χ4v) is 4.17. The molecule has 1 atom stereocenters. The molecule has 1 unspecified atom stereocenters. The van der Waals surface area contributed by atoms with E-state index in [1.165, 1.54) is 0 Å². The van der Waals surface area contributed by atoms with Gasteiger partial charge in [0.1, 0.15) is 6.61 Å². The van der Waals surface area contributed by atoms with Gasteiger partial charge in [0.25, 0.3) is 0 Å². The van der Waals surface area contributed by atoms with Gasteiger partial charge < -0.3 is 4.74 Å². The average Bonchev–Trinajstić information content (AvgIpc) is 2.26. The molecule has 0 aromatic carbocycles. The highest BCUT2D eigenvalue weighted by Gasteiger charge is 2.34. The van der Waals surface area contributed by atoms with Gasteiger partial charge in [0.15, 0.2) is 0 Å². The van der Waals surface area contributed by atoms with Gasteiger partial charge in [-0.15, -0.1) is 0 Å². The summed E-state index contributed by atoms with van der Waals surface area (Å²) in [7, 11) is 0. The van der Waals surface area contributed by atoms with E-state index in [-0.39, 0.29) is 10.3 Å². The van der Waals surface area contributed by atoms with Gasteiger partial charge in [-0.2, -0.15) is 0 Å². The van der Waals surface area contributed by atoms with Crippen molar-refractivity contribution in [1.29, 1.82) is 0 Å². The average molecular weight is 429 g/mol. The van der Waals surface area contributed by atoms with Gasteiger partial charge in [0.2, 0.25) is 0 Å². The maximum absolute atomic E-state index is 11.4. The van der Waals surface area contributed by atoms with E-state index in [9.17, 15) is 4.79 Å². The van der Waals surface area contributed by atoms with Crippen LogP contribution in [-0.4, -0.2) is 22.2 Å². The highest BCUT2D eigenvalue weighted by atomic mass is 79.9. The number of rotatable bonds is 4. The smallest absolute Gasteiger partial charge is 0.333 e. The lowest BCUT2D eigenvalue weighted by Crippen LogP contribution is -2.33. The van der Waals surface area contributed by atoms with Crippen LogP contribution in [0.4, 0.5) is 0 Å². The Bertz CT molecular complexity index is 399. The predicted molar refractivity (Wildman–Crippen MR) is 80.9 cm³/mol. The van der Waals surface area contributed by atoms with Gasteiger partial charge in [-0.05, 0) is 17.0 Å². The largest absolute Gasteiger partial charge is 0.460 e. The summed E-state index contributed by atoms with van der Waals surface area (Å²) in [5.74, 6) is -0.358. The van der Waals surface area contributed by atoms with Crippen molar-refractivity contribution in [3.8, 4) is 0 Å². The van der Waals surface area contributed by atoms with Crippen LogP contribution in [0.25, 0.3) is 0 Å². The fraction of sp³-hybridized carbons (Fsp3) is 0.417. The minimum Gasteiger partial charge on any atom is -0.460 e. The summed E-state index contributed by atoms with van der Waals surface area (Å²) in [6.07, 6.45) is 4.79. The van der Waals surface area contributed by atoms with E-state index in [1.54, 1.807) is 6.92 Å². The molecule has 0 N–H and O–H groups in total. The maximum atomic E-state index is 11.4. The van der Waals surface area contributed by atoms with Gasteiger partial charge in [-0.25, -0.2) is 4.79 Å². The van der Waals surface area contributed by atoms with Crippen LogP contribution in [0.15, 0.2) is 34.4 Å². The molecule has 0 saturated carbocycles. The van der Waals surface area contributed by atoms with Gasteiger partial charge in [0, 0.05) is 17.3 Å². The molecular weight excluding hydrogens is 416 g/mol. The third-order valence-electron chi connectivity index (χ3n) is 2.41. The molecule has 0 aromatic heterocycles. The number of ether oxygens (including phenoxy) is 1. The number of halogens is 3. The molecule has 0 saturated heterocycles. The molecule has 17 heavy (non-hydrogen) atoms. The summed E-state index contributed by atoms with van der Waals surface area (Å²) in [5, 5.41) is 0.736. The van der Waals surface area contributed by atoms with E-state index in [4.69, 9.17) is 4.74 Å². The van der Waals surface area contributed by atoms with Crippen LogP contribution in [0.2, 0.25) is 0 Å². The molecule has 1 aliphatic rings. The quantitative estimate of drug-likeness (QED) is 0.380. The number of alkyl halides is 2. The molecule has 0 aromatic rings. The monoisotopic (exact) mass is 426 g/mol. The van der Waals surface area contributed by atoms with E-state index in [0.717, 1.165) is 21.8 Å². The first kappa shape index (κ1) is 15.2. The summed E-state index contributed by atoms with van der Waals surface area (Å²) in [4.78, 5) is 11.4. The first-order chi connectivity index (χ1) is 7.89. The Morgan fingerprint density at radius 3 is 2.76 bits per heavy atom. The van der Waals surface area contributed by atoms with Crippen LogP contribution < -0.4 is 0 Å². The van der Waals surface area contributed by atoms with Gasteiger partial charge in [-0.1, -0.05) is 66.5 Å². The van der Waals surface area contributed by atoms with Crippen LogP contribution in [0.1, 0.15) is 13.3 Å². The molecule has 0 spiro atoms. The standard InChI is InChI=1S/C12H13Br3O2/c1-8(2)11(16)17-7-12(15)5-10(14)4-3-9(12)6-13/h3-4H,1,5-7H2,2H3. The predicted octanol–water partition coefficient (Wildman–Crippen LogP) is 4.24. The highest BCUT2D eigenvalue weighted by Crippen LogP contribution is 2.40. The molecule has 5 heteroatoms. The molecule has 0 heterocycles. The zero-order valence-electron chi connectivity index (χ0n) is 9.43. The minimum absolute atomic E-state index is 0.291. The molecule has 0 radical (unpaired) electrons.